The lowest BCUT2D eigenvalue weighted by Crippen LogP contribution is -1.97. The molecule has 0 unspecified atom stereocenters. The minimum Gasteiger partial charge on any atom is -0.457 e. The first kappa shape index (κ1) is 13.8. The van der Waals surface area contributed by atoms with Crippen molar-refractivity contribution in [3.63, 3.8) is 0 Å². The highest BCUT2D eigenvalue weighted by Crippen LogP contribution is 2.27. The molecule has 0 saturated carbocycles. The fourth-order valence-corrected chi connectivity index (χ4v) is 2.37. The zero-order valence-corrected chi connectivity index (χ0v) is 11.8. The van der Waals surface area contributed by atoms with Crippen LogP contribution in [-0.4, -0.2) is 19.7 Å². The van der Waals surface area contributed by atoms with Gasteiger partial charge in [0.1, 0.15) is 11.5 Å². The summed E-state index contributed by atoms with van der Waals surface area (Å²) in [6.45, 7) is 0. The van der Waals surface area contributed by atoms with Gasteiger partial charge in [0.15, 0.2) is 9.84 Å². The summed E-state index contributed by atoms with van der Waals surface area (Å²) in [7, 11) is -3.25. The number of alkyl halides is 1. The zero-order chi connectivity index (χ0) is 13.9. The van der Waals surface area contributed by atoms with Crippen LogP contribution >= 0.6 is 11.6 Å². The first-order chi connectivity index (χ1) is 9.00. The average molecular weight is 298 g/mol. The number of sulfone groups is 1. The predicted molar refractivity (Wildman–Crippen MR) is 73.4 cm³/mol. The number of benzene rings is 1. The molecule has 0 radical (unpaired) electrons. The van der Waals surface area contributed by atoms with E-state index in [0.29, 0.717) is 11.5 Å². The summed E-state index contributed by atoms with van der Waals surface area (Å²) in [6, 6.07) is 8.01. The molecule has 0 amide bonds. The maximum Gasteiger partial charge on any atom is 0.175 e. The molecule has 0 saturated heterocycles. The summed E-state index contributed by atoms with van der Waals surface area (Å²) in [5.41, 5.74) is 0.744. The maximum absolute atomic E-state index is 11.5. The highest BCUT2D eigenvalue weighted by molar-refractivity contribution is 7.90. The Bertz CT molecular complexity index is 686. The van der Waals surface area contributed by atoms with Gasteiger partial charge in [-0.1, -0.05) is 6.07 Å². The lowest BCUT2D eigenvalue weighted by molar-refractivity contribution is 0.475. The summed E-state index contributed by atoms with van der Waals surface area (Å²) in [6.07, 6.45) is 4.36. The van der Waals surface area contributed by atoms with Crippen LogP contribution in [0.25, 0.3) is 0 Å². The van der Waals surface area contributed by atoms with Gasteiger partial charge in [-0.05, 0) is 24.3 Å². The van der Waals surface area contributed by atoms with Crippen LogP contribution in [0.3, 0.4) is 0 Å². The van der Waals surface area contributed by atoms with Crippen LogP contribution < -0.4 is 4.74 Å². The van der Waals surface area contributed by atoms with E-state index in [-0.39, 0.29) is 10.8 Å². The Morgan fingerprint density at radius 1 is 1.32 bits per heavy atom. The zero-order valence-electron chi connectivity index (χ0n) is 10.2. The van der Waals surface area contributed by atoms with Crippen molar-refractivity contribution in [1.82, 2.24) is 4.98 Å². The molecule has 1 aromatic carbocycles. The quantitative estimate of drug-likeness (QED) is 0.814. The van der Waals surface area contributed by atoms with E-state index < -0.39 is 9.84 Å². The van der Waals surface area contributed by atoms with Gasteiger partial charge in [0, 0.05) is 24.2 Å². The number of nitrogens with zero attached hydrogens (tertiary/aromatic N) is 1. The van der Waals surface area contributed by atoms with Crippen molar-refractivity contribution in [3.05, 3.63) is 48.3 Å². The number of rotatable bonds is 4. The van der Waals surface area contributed by atoms with E-state index in [4.69, 9.17) is 16.3 Å². The fraction of sp³-hybridized carbons (Fsp3) is 0.154. The predicted octanol–water partition coefficient (Wildman–Crippen LogP) is 3.02. The molecule has 2 rings (SSSR count). The van der Waals surface area contributed by atoms with Gasteiger partial charge in [-0.15, -0.1) is 11.6 Å². The Morgan fingerprint density at radius 2 is 2.11 bits per heavy atom. The average Bonchev–Trinajstić information content (AvgIpc) is 2.39. The number of pyridine rings is 1. The number of hydrogen-bond acceptors (Lipinski definition) is 4. The van der Waals surface area contributed by atoms with Crippen LogP contribution in [0.5, 0.6) is 11.5 Å². The largest absolute Gasteiger partial charge is 0.457 e. The van der Waals surface area contributed by atoms with Crippen LogP contribution in [-0.2, 0) is 15.7 Å². The Balaban J connectivity index is 2.34. The summed E-state index contributed by atoms with van der Waals surface area (Å²) in [5.74, 6) is 1.28. The molecule has 0 aliphatic rings. The van der Waals surface area contributed by atoms with Crippen LogP contribution in [0.2, 0.25) is 0 Å². The maximum atomic E-state index is 11.5. The first-order valence-electron chi connectivity index (χ1n) is 5.47. The molecule has 19 heavy (non-hydrogen) atoms. The second kappa shape index (κ2) is 5.59. The van der Waals surface area contributed by atoms with Gasteiger partial charge in [-0.25, -0.2) is 8.42 Å². The summed E-state index contributed by atoms with van der Waals surface area (Å²) >= 11 is 5.79. The molecule has 0 aliphatic heterocycles. The molecule has 0 spiro atoms. The molecular weight excluding hydrogens is 286 g/mol. The highest BCUT2D eigenvalue weighted by Gasteiger charge is 2.09. The van der Waals surface area contributed by atoms with E-state index in [9.17, 15) is 8.42 Å². The molecule has 0 atom stereocenters. The highest BCUT2D eigenvalue weighted by atomic mass is 35.5. The van der Waals surface area contributed by atoms with Gasteiger partial charge in [0.25, 0.3) is 0 Å². The molecule has 0 bridgehead atoms. The van der Waals surface area contributed by atoms with Crippen LogP contribution in [0.1, 0.15) is 5.56 Å². The summed E-state index contributed by atoms with van der Waals surface area (Å²) in [4.78, 5) is 4.17. The molecule has 4 nitrogen and oxygen atoms in total. The van der Waals surface area contributed by atoms with Crippen molar-refractivity contribution >= 4 is 21.4 Å². The Morgan fingerprint density at radius 3 is 2.79 bits per heavy atom. The summed E-state index contributed by atoms with van der Waals surface area (Å²) < 4.78 is 28.6. The van der Waals surface area contributed by atoms with E-state index in [1.54, 1.807) is 30.6 Å². The second-order valence-corrected chi connectivity index (χ2v) is 6.25. The SMILES string of the molecule is CS(=O)(=O)c1cccc(Oc2ccncc2CCl)c1. The van der Waals surface area contributed by atoms with Crippen LogP contribution in [0, 0.1) is 0 Å². The van der Waals surface area contributed by atoms with Crippen molar-refractivity contribution < 1.29 is 13.2 Å². The third kappa shape index (κ3) is 3.45. The van der Waals surface area contributed by atoms with Gasteiger partial charge in [-0.3, -0.25) is 4.98 Å². The molecule has 100 valence electrons. The van der Waals surface area contributed by atoms with Gasteiger partial charge in [0.2, 0.25) is 0 Å². The number of aromatic nitrogens is 1. The number of ether oxygens (including phenoxy) is 1. The smallest absolute Gasteiger partial charge is 0.175 e. The number of halogens is 1. The van der Waals surface area contributed by atoms with Crippen molar-refractivity contribution in [2.24, 2.45) is 0 Å². The Labute approximate surface area is 116 Å². The molecule has 0 aliphatic carbocycles. The third-order valence-corrected chi connectivity index (χ3v) is 3.86. The molecule has 1 heterocycles. The fourth-order valence-electron chi connectivity index (χ4n) is 1.51. The Hall–Kier alpha value is -1.59. The minimum absolute atomic E-state index is 0.214. The van der Waals surface area contributed by atoms with Crippen molar-refractivity contribution in [2.75, 3.05) is 6.26 Å². The van der Waals surface area contributed by atoms with Crippen molar-refractivity contribution in [2.45, 2.75) is 10.8 Å². The molecule has 6 heteroatoms. The van der Waals surface area contributed by atoms with E-state index >= 15 is 0 Å². The monoisotopic (exact) mass is 297 g/mol. The second-order valence-electron chi connectivity index (χ2n) is 3.97. The molecule has 0 N–H and O–H groups in total. The van der Waals surface area contributed by atoms with Gasteiger partial charge >= 0.3 is 0 Å². The summed E-state index contributed by atoms with van der Waals surface area (Å²) in [5, 5.41) is 0. The molecular formula is C13H12ClNO3S. The first-order valence-corrected chi connectivity index (χ1v) is 7.90. The normalized spacial score (nSPS) is 11.3. The number of hydrogen-bond donors (Lipinski definition) is 0. The standard InChI is InChI=1S/C13H12ClNO3S/c1-19(16,17)12-4-2-3-11(7-12)18-13-5-6-15-9-10(13)8-14/h2-7,9H,8H2,1H3. The minimum atomic E-state index is -3.25. The molecule has 0 fully saturated rings. The third-order valence-electron chi connectivity index (χ3n) is 2.46. The topological polar surface area (TPSA) is 56.3 Å². The lowest BCUT2D eigenvalue weighted by atomic mass is 10.3. The van der Waals surface area contributed by atoms with Crippen molar-refractivity contribution in [3.8, 4) is 11.5 Å². The molecule has 2 aromatic rings. The lowest BCUT2D eigenvalue weighted by Gasteiger charge is -2.09. The van der Waals surface area contributed by atoms with E-state index in [2.05, 4.69) is 4.98 Å². The van der Waals surface area contributed by atoms with Crippen LogP contribution in [0.4, 0.5) is 0 Å². The van der Waals surface area contributed by atoms with E-state index in [1.807, 2.05) is 0 Å². The van der Waals surface area contributed by atoms with E-state index in [0.717, 1.165) is 11.8 Å². The molecule has 1 aromatic heterocycles. The van der Waals surface area contributed by atoms with Gasteiger partial charge in [-0.2, -0.15) is 0 Å². The van der Waals surface area contributed by atoms with E-state index in [1.165, 1.54) is 12.1 Å². The van der Waals surface area contributed by atoms with Crippen LogP contribution in [0.15, 0.2) is 47.6 Å². The van der Waals surface area contributed by atoms with Gasteiger partial charge < -0.3 is 4.74 Å². The van der Waals surface area contributed by atoms with Gasteiger partial charge in [0.05, 0.1) is 10.8 Å². The Kier molecular flexibility index (Phi) is 4.07. The van der Waals surface area contributed by atoms with Crippen molar-refractivity contribution in [1.29, 1.82) is 0 Å².